The summed E-state index contributed by atoms with van der Waals surface area (Å²) in [6, 6.07) is 21.3. The average molecular weight is 418 g/mol. The quantitative estimate of drug-likeness (QED) is 0.437. The average Bonchev–Trinajstić information content (AvgIpc) is 2.74. The smallest absolute Gasteiger partial charge is 0.246 e. The van der Waals surface area contributed by atoms with Gasteiger partial charge in [-0.15, -0.1) is 0 Å². The van der Waals surface area contributed by atoms with Gasteiger partial charge in [0.25, 0.3) is 0 Å². The van der Waals surface area contributed by atoms with E-state index in [-0.39, 0.29) is 5.91 Å². The summed E-state index contributed by atoms with van der Waals surface area (Å²) in [7, 11) is 0. The Bertz CT molecular complexity index is 960. The van der Waals surface area contributed by atoms with E-state index in [9.17, 15) is 4.79 Å². The maximum Gasteiger partial charge on any atom is 0.246 e. The van der Waals surface area contributed by atoms with Gasteiger partial charge in [-0.25, -0.2) is 4.98 Å². The number of aryl methyl sites for hydroxylation is 1. The first-order valence-corrected chi connectivity index (χ1v) is 10.8. The Morgan fingerprint density at radius 3 is 2.32 bits per heavy atom. The van der Waals surface area contributed by atoms with Gasteiger partial charge < -0.3 is 16.0 Å². The number of nitrogens with one attached hydrogen (secondary N) is 3. The molecule has 3 rings (SSSR count). The molecule has 0 bridgehead atoms. The third-order valence-electron chi connectivity index (χ3n) is 4.78. The highest BCUT2D eigenvalue weighted by atomic mass is 16.2. The predicted octanol–water partition coefficient (Wildman–Crippen LogP) is 4.90. The van der Waals surface area contributed by atoms with E-state index in [1.807, 2.05) is 61.5 Å². The fourth-order valence-corrected chi connectivity index (χ4v) is 3.32. The number of para-hydroxylation sites is 1. The van der Waals surface area contributed by atoms with E-state index in [4.69, 9.17) is 0 Å². The number of carbonyl (C=O) groups is 1. The van der Waals surface area contributed by atoms with Gasteiger partial charge in [0.1, 0.15) is 11.9 Å². The first-order chi connectivity index (χ1) is 15.0. The number of amides is 1. The van der Waals surface area contributed by atoms with Crippen LogP contribution in [0.3, 0.4) is 0 Å². The van der Waals surface area contributed by atoms with Gasteiger partial charge in [-0.2, -0.15) is 4.98 Å². The van der Waals surface area contributed by atoms with Crippen LogP contribution in [0.2, 0.25) is 0 Å². The third-order valence-corrected chi connectivity index (χ3v) is 4.78. The highest BCUT2D eigenvalue weighted by Gasteiger charge is 2.21. The van der Waals surface area contributed by atoms with Crippen molar-refractivity contribution in [1.29, 1.82) is 0 Å². The Morgan fingerprint density at radius 2 is 1.65 bits per heavy atom. The zero-order valence-electron chi connectivity index (χ0n) is 18.4. The molecule has 3 aromatic rings. The molecular formula is C25H31N5O. The van der Waals surface area contributed by atoms with Crippen LogP contribution in [-0.4, -0.2) is 28.5 Å². The summed E-state index contributed by atoms with van der Waals surface area (Å²) in [6.45, 7) is 6.87. The molecule has 31 heavy (non-hydrogen) atoms. The molecule has 1 amide bonds. The Kier molecular flexibility index (Phi) is 7.98. The van der Waals surface area contributed by atoms with Crippen molar-refractivity contribution < 1.29 is 4.79 Å². The normalized spacial score (nSPS) is 11.7. The molecule has 0 radical (unpaired) electrons. The maximum atomic E-state index is 12.9. The maximum absolute atomic E-state index is 12.9. The number of anilines is 3. The molecule has 6 nitrogen and oxygen atoms in total. The lowest BCUT2D eigenvalue weighted by Crippen LogP contribution is -2.36. The number of hydrogen-bond acceptors (Lipinski definition) is 5. The van der Waals surface area contributed by atoms with Gasteiger partial charge in [0.05, 0.1) is 0 Å². The van der Waals surface area contributed by atoms with Crippen molar-refractivity contribution >= 4 is 23.4 Å². The lowest BCUT2D eigenvalue weighted by molar-refractivity contribution is -0.117. The SMILES string of the molecule is Cc1cc(N[C@@H](CC(C)C)C(=O)Nc2ccccc2)nc(NCCc2ccccc2)n1. The summed E-state index contributed by atoms with van der Waals surface area (Å²) in [5.74, 6) is 1.48. The Hall–Kier alpha value is -3.41. The van der Waals surface area contributed by atoms with Gasteiger partial charge in [0.15, 0.2) is 0 Å². The molecule has 0 fully saturated rings. The lowest BCUT2D eigenvalue weighted by atomic mass is 10.0. The molecular weight excluding hydrogens is 386 g/mol. The molecule has 162 valence electrons. The second kappa shape index (κ2) is 11.1. The van der Waals surface area contributed by atoms with E-state index in [1.165, 1.54) is 5.56 Å². The molecule has 1 atom stereocenters. The summed E-state index contributed by atoms with van der Waals surface area (Å²) in [4.78, 5) is 22.0. The Labute approximate surface area is 184 Å². The highest BCUT2D eigenvalue weighted by Crippen LogP contribution is 2.16. The van der Waals surface area contributed by atoms with Crippen molar-refractivity contribution in [3.63, 3.8) is 0 Å². The number of aromatic nitrogens is 2. The van der Waals surface area contributed by atoms with Crippen LogP contribution in [0.15, 0.2) is 66.7 Å². The van der Waals surface area contributed by atoms with Gasteiger partial charge in [-0.1, -0.05) is 62.4 Å². The molecule has 6 heteroatoms. The van der Waals surface area contributed by atoms with Crippen LogP contribution in [0.1, 0.15) is 31.5 Å². The summed E-state index contributed by atoms with van der Waals surface area (Å²) >= 11 is 0. The largest absolute Gasteiger partial charge is 0.358 e. The monoisotopic (exact) mass is 417 g/mol. The number of nitrogens with zero attached hydrogens (tertiary/aromatic N) is 2. The van der Waals surface area contributed by atoms with Gasteiger partial charge in [-0.3, -0.25) is 4.79 Å². The number of benzene rings is 2. The van der Waals surface area contributed by atoms with Crippen molar-refractivity contribution in [2.24, 2.45) is 5.92 Å². The predicted molar refractivity (Wildman–Crippen MR) is 127 cm³/mol. The fourth-order valence-electron chi connectivity index (χ4n) is 3.32. The lowest BCUT2D eigenvalue weighted by Gasteiger charge is -2.21. The minimum Gasteiger partial charge on any atom is -0.358 e. The number of rotatable bonds is 10. The van der Waals surface area contributed by atoms with Crippen LogP contribution in [-0.2, 0) is 11.2 Å². The van der Waals surface area contributed by atoms with Crippen LogP contribution < -0.4 is 16.0 Å². The molecule has 0 unspecified atom stereocenters. The van der Waals surface area contributed by atoms with E-state index >= 15 is 0 Å². The standard InChI is InChI=1S/C25H31N5O/c1-18(2)16-22(24(31)28-21-12-8-5-9-13-21)29-23-17-19(3)27-25(30-23)26-15-14-20-10-6-4-7-11-20/h4-13,17-18,22H,14-16H2,1-3H3,(H,28,31)(H2,26,27,29,30)/t22-/m0/s1. The molecule has 0 saturated heterocycles. The van der Waals surface area contributed by atoms with Gasteiger partial charge in [0, 0.05) is 24.0 Å². The molecule has 1 aromatic heterocycles. The van der Waals surface area contributed by atoms with Gasteiger partial charge >= 0.3 is 0 Å². The summed E-state index contributed by atoms with van der Waals surface area (Å²) in [5, 5.41) is 9.60. The molecule has 0 saturated carbocycles. The zero-order chi connectivity index (χ0) is 22.1. The first-order valence-electron chi connectivity index (χ1n) is 10.8. The molecule has 0 aliphatic carbocycles. The van der Waals surface area contributed by atoms with Crippen molar-refractivity contribution in [3.8, 4) is 0 Å². The summed E-state index contributed by atoms with van der Waals surface area (Å²) in [5.41, 5.74) is 2.88. The molecule has 2 aromatic carbocycles. The van der Waals surface area contributed by atoms with E-state index in [1.54, 1.807) is 0 Å². The molecule has 0 aliphatic rings. The first kappa shape index (κ1) is 22.3. The third kappa shape index (κ3) is 7.41. The molecule has 1 heterocycles. The van der Waals surface area contributed by atoms with Crippen molar-refractivity contribution in [1.82, 2.24) is 9.97 Å². The minimum atomic E-state index is -0.397. The molecule has 0 aliphatic heterocycles. The Balaban J connectivity index is 1.66. The number of hydrogen-bond donors (Lipinski definition) is 3. The van der Waals surface area contributed by atoms with E-state index in [2.05, 4.69) is 51.9 Å². The van der Waals surface area contributed by atoms with Crippen LogP contribution in [0, 0.1) is 12.8 Å². The van der Waals surface area contributed by atoms with Crippen LogP contribution >= 0.6 is 0 Å². The molecule has 0 spiro atoms. The van der Waals surface area contributed by atoms with Crippen molar-refractivity contribution in [3.05, 3.63) is 78.0 Å². The van der Waals surface area contributed by atoms with E-state index in [0.717, 1.165) is 24.3 Å². The topological polar surface area (TPSA) is 78.9 Å². The second-order valence-electron chi connectivity index (χ2n) is 8.06. The molecule has 3 N–H and O–H groups in total. The second-order valence-corrected chi connectivity index (χ2v) is 8.06. The highest BCUT2D eigenvalue weighted by molar-refractivity contribution is 5.96. The minimum absolute atomic E-state index is 0.0743. The van der Waals surface area contributed by atoms with Crippen LogP contribution in [0.4, 0.5) is 17.5 Å². The Morgan fingerprint density at radius 1 is 0.968 bits per heavy atom. The number of carbonyl (C=O) groups excluding carboxylic acids is 1. The van der Waals surface area contributed by atoms with E-state index in [0.29, 0.717) is 24.1 Å². The van der Waals surface area contributed by atoms with Crippen molar-refractivity contribution in [2.75, 3.05) is 22.5 Å². The summed E-state index contributed by atoms with van der Waals surface area (Å²) < 4.78 is 0. The van der Waals surface area contributed by atoms with Gasteiger partial charge in [0.2, 0.25) is 11.9 Å². The van der Waals surface area contributed by atoms with Crippen molar-refractivity contribution in [2.45, 2.75) is 39.7 Å². The summed E-state index contributed by atoms with van der Waals surface area (Å²) in [6.07, 6.45) is 1.58. The van der Waals surface area contributed by atoms with Crippen LogP contribution in [0.25, 0.3) is 0 Å². The zero-order valence-corrected chi connectivity index (χ0v) is 18.4. The van der Waals surface area contributed by atoms with E-state index < -0.39 is 6.04 Å². The van der Waals surface area contributed by atoms with Gasteiger partial charge in [-0.05, 0) is 43.4 Å². The fraction of sp³-hybridized carbons (Fsp3) is 0.320. The van der Waals surface area contributed by atoms with Crippen LogP contribution in [0.5, 0.6) is 0 Å².